The summed E-state index contributed by atoms with van der Waals surface area (Å²) in [6.07, 6.45) is 0. The van der Waals surface area contributed by atoms with Gasteiger partial charge >= 0.3 is 0 Å². The smallest absolute Gasteiger partial charge is 0.245 e. The molecule has 1 aromatic carbocycles. The normalized spacial score (nSPS) is 12.5. The highest BCUT2D eigenvalue weighted by Gasteiger charge is 2.09. The predicted octanol–water partition coefficient (Wildman–Crippen LogP) is 3.79. The van der Waals surface area contributed by atoms with E-state index >= 15 is 0 Å². The van der Waals surface area contributed by atoms with Crippen molar-refractivity contribution in [2.75, 3.05) is 0 Å². The molecular weight excluding hydrogens is 158 g/mol. The second kappa shape index (κ2) is 4.09. The summed E-state index contributed by atoms with van der Waals surface area (Å²) in [4.78, 5) is 3.51. The van der Waals surface area contributed by atoms with Gasteiger partial charge in [-0.05, 0) is 17.5 Å². The van der Waals surface area contributed by atoms with Crippen molar-refractivity contribution in [2.24, 2.45) is 0 Å². The molecule has 0 amide bonds. The Morgan fingerprint density at radius 1 is 1.15 bits per heavy atom. The molecule has 0 saturated heterocycles. The Balaban J connectivity index is 3.00. The van der Waals surface area contributed by atoms with Crippen molar-refractivity contribution in [3.05, 3.63) is 46.8 Å². The first kappa shape index (κ1) is 9.80. The van der Waals surface area contributed by atoms with Crippen LogP contribution < -0.4 is 0 Å². The number of hydrogen-bond donors (Lipinski definition) is 0. The summed E-state index contributed by atoms with van der Waals surface area (Å²) in [6, 6.07) is 8.29. The van der Waals surface area contributed by atoms with Crippen LogP contribution in [0.3, 0.4) is 0 Å². The van der Waals surface area contributed by atoms with Gasteiger partial charge in [0.1, 0.15) is 0 Å². The lowest BCUT2D eigenvalue weighted by Crippen LogP contribution is -1.91. The molecule has 1 unspecified atom stereocenters. The fraction of sp³-hybridized carbons (Fsp3) is 0.417. The minimum absolute atomic E-state index is 0.0151. The van der Waals surface area contributed by atoms with E-state index in [-0.39, 0.29) is 6.04 Å². The van der Waals surface area contributed by atoms with Crippen LogP contribution in [0.15, 0.2) is 24.3 Å². The maximum atomic E-state index is 6.95. The van der Waals surface area contributed by atoms with Gasteiger partial charge < -0.3 is 4.85 Å². The first-order valence-electron chi connectivity index (χ1n) is 4.61. The van der Waals surface area contributed by atoms with Crippen LogP contribution in [0.2, 0.25) is 0 Å². The molecule has 1 rings (SSSR count). The van der Waals surface area contributed by atoms with Crippen molar-refractivity contribution in [1.29, 1.82) is 0 Å². The molecule has 0 bridgehead atoms. The van der Waals surface area contributed by atoms with Crippen molar-refractivity contribution in [2.45, 2.75) is 32.7 Å². The van der Waals surface area contributed by atoms with Gasteiger partial charge in [-0.15, -0.1) is 0 Å². The molecule has 0 spiro atoms. The lowest BCUT2D eigenvalue weighted by molar-refractivity contribution is 0.855. The van der Waals surface area contributed by atoms with E-state index in [1.54, 1.807) is 0 Å². The molecule has 13 heavy (non-hydrogen) atoms. The standard InChI is InChI=1S/C12H15N/c1-9(2)11-6-5-7-12(8-11)10(3)13-4/h5-10H,1-3H3. The summed E-state index contributed by atoms with van der Waals surface area (Å²) < 4.78 is 0. The first-order chi connectivity index (χ1) is 6.15. The number of benzene rings is 1. The molecule has 0 aliphatic rings. The SMILES string of the molecule is [C-]#[N+]C(C)c1cccc(C(C)C)c1. The van der Waals surface area contributed by atoms with Crippen molar-refractivity contribution in [1.82, 2.24) is 0 Å². The van der Waals surface area contributed by atoms with E-state index < -0.39 is 0 Å². The zero-order chi connectivity index (χ0) is 9.84. The maximum absolute atomic E-state index is 6.95. The quantitative estimate of drug-likeness (QED) is 0.599. The molecule has 0 N–H and O–H groups in total. The molecule has 1 atom stereocenters. The van der Waals surface area contributed by atoms with Crippen molar-refractivity contribution >= 4 is 0 Å². The average Bonchev–Trinajstić information content (AvgIpc) is 2.17. The van der Waals surface area contributed by atoms with Gasteiger partial charge in [0, 0.05) is 12.5 Å². The summed E-state index contributed by atoms with van der Waals surface area (Å²) in [6.45, 7) is 13.2. The lowest BCUT2D eigenvalue weighted by Gasteiger charge is -2.07. The molecule has 0 fully saturated rings. The Morgan fingerprint density at radius 3 is 2.31 bits per heavy atom. The van der Waals surface area contributed by atoms with Crippen molar-refractivity contribution < 1.29 is 0 Å². The molecule has 0 radical (unpaired) electrons. The lowest BCUT2D eigenvalue weighted by atomic mass is 9.99. The van der Waals surface area contributed by atoms with E-state index in [9.17, 15) is 0 Å². The van der Waals surface area contributed by atoms with Crippen molar-refractivity contribution in [3.63, 3.8) is 0 Å². The van der Waals surface area contributed by atoms with E-state index in [1.165, 1.54) is 5.56 Å². The molecule has 0 heterocycles. The van der Waals surface area contributed by atoms with Gasteiger partial charge in [0.2, 0.25) is 6.04 Å². The largest absolute Gasteiger partial charge is 0.309 e. The summed E-state index contributed by atoms with van der Waals surface area (Å²) in [5.41, 5.74) is 2.44. The Kier molecular flexibility index (Phi) is 3.08. The van der Waals surface area contributed by atoms with Gasteiger partial charge in [0.25, 0.3) is 0 Å². The van der Waals surface area contributed by atoms with Crippen LogP contribution in [0.25, 0.3) is 4.85 Å². The van der Waals surface area contributed by atoms with Gasteiger partial charge in [0.15, 0.2) is 0 Å². The topological polar surface area (TPSA) is 4.36 Å². The molecule has 1 aromatic rings. The van der Waals surface area contributed by atoms with Crippen LogP contribution in [-0.2, 0) is 0 Å². The third kappa shape index (κ3) is 2.32. The monoisotopic (exact) mass is 173 g/mol. The van der Waals surface area contributed by atoms with Crippen LogP contribution in [0, 0.1) is 6.57 Å². The van der Waals surface area contributed by atoms with E-state index in [0.29, 0.717) is 5.92 Å². The average molecular weight is 173 g/mol. The zero-order valence-corrected chi connectivity index (χ0v) is 8.41. The molecule has 1 heteroatoms. The molecular formula is C12H15N. The Bertz CT molecular complexity index is 320. The number of rotatable bonds is 2. The van der Waals surface area contributed by atoms with E-state index in [4.69, 9.17) is 6.57 Å². The van der Waals surface area contributed by atoms with Crippen LogP contribution in [0.1, 0.15) is 43.9 Å². The number of hydrogen-bond acceptors (Lipinski definition) is 0. The third-order valence-corrected chi connectivity index (χ3v) is 2.25. The summed E-state index contributed by atoms with van der Waals surface area (Å²) in [7, 11) is 0. The molecule has 1 nitrogen and oxygen atoms in total. The van der Waals surface area contributed by atoms with Crippen LogP contribution in [0.5, 0.6) is 0 Å². The van der Waals surface area contributed by atoms with Gasteiger partial charge in [-0.3, -0.25) is 0 Å². The maximum Gasteiger partial charge on any atom is 0.245 e. The van der Waals surface area contributed by atoms with Gasteiger partial charge in [-0.2, -0.15) is 0 Å². The highest BCUT2D eigenvalue weighted by atomic mass is 14.7. The van der Waals surface area contributed by atoms with Gasteiger partial charge in [-0.1, -0.05) is 32.0 Å². The van der Waals surface area contributed by atoms with Crippen LogP contribution >= 0.6 is 0 Å². The third-order valence-electron chi connectivity index (χ3n) is 2.25. The Hall–Kier alpha value is -1.29. The predicted molar refractivity (Wildman–Crippen MR) is 55.5 cm³/mol. The second-order valence-electron chi connectivity index (χ2n) is 3.63. The van der Waals surface area contributed by atoms with Gasteiger partial charge in [0.05, 0.1) is 0 Å². The van der Waals surface area contributed by atoms with E-state index in [2.05, 4.69) is 30.8 Å². The zero-order valence-electron chi connectivity index (χ0n) is 8.41. The highest BCUT2D eigenvalue weighted by molar-refractivity contribution is 5.28. The summed E-state index contributed by atoms with van der Waals surface area (Å²) >= 11 is 0. The molecule has 0 aliphatic heterocycles. The number of nitrogens with zero attached hydrogens (tertiary/aromatic N) is 1. The summed E-state index contributed by atoms with van der Waals surface area (Å²) in [5, 5.41) is 0. The minimum atomic E-state index is -0.0151. The van der Waals surface area contributed by atoms with Crippen molar-refractivity contribution in [3.8, 4) is 0 Å². The van der Waals surface area contributed by atoms with E-state index in [0.717, 1.165) is 5.56 Å². The van der Waals surface area contributed by atoms with Gasteiger partial charge in [-0.25, -0.2) is 6.57 Å². The summed E-state index contributed by atoms with van der Waals surface area (Å²) in [5.74, 6) is 0.540. The Morgan fingerprint density at radius 2 is 1.77 bits per heavy atom. The first-order valence-corrected chi connectivity index (χ1v) is 4.61. The minimum Gasteiger partial charge on any atom is -0.309 e. The molecule has 0 aliphatic carbocycles. The molecule has 0 saturated carbocycles. The fourth-order valence-corrected chi connectivity index (χ4v) is 1.25. The second-order valence-corrected chi connectivity index (χ2v) is 3.63. The fourth-order valence-electron chi connectivity index (χ4n) is 1.25. The van der Waals surface area contributed by atoms with Crippen LogP contribution in [-0.4, -0.2) is 0 Å². The van der Waals surface area contributed by atoms with E-state index in [1.807, 2.05) is 19.1 Å². The Labute approximate surface area is 80.2 Å². The molecule has 68 valence electrons. The van der Waals surface area contributed by atoms with Crippen LogP contribution in [0.4, 0.5) is 0 Å². The molecule has 0 aromatic heterocycles. The highest BCUT2D eigenvalue weighted by Crippen LogP contribution is 2.21.